The molecule has 0 aliphatic carbocycles. The van der Waals surface area contributed by atoms with Gasteiger partial charge in [0.1, 0.15) is 6.10 Å². The molecule has 0 radical (unpaired) electrons. The van der Waals surface area contributed by atoms with Gasteiger partial charge < -0.3 is 23.4 Å². The van der Waals surface area contributed by atoms with E-state index in [-0.39, 0.29) is 11.6 Å². The van der Waals surface area contributed by atoms with Crippen LogP contribution in [-0.4, -0.2) is 66.1 Å². The summed E-state index contributed by atoms with van der Waals surface area (Å²) in [6.07, 6.45) is -3.43. The van der Waals surface area contributed by atoms with E-state index in [2.05, 4.69) is 64.7 Å². The molecule has 214 valence electrons. The van der Waals surface area contributed by atoms with Crippen LogP contribution in [0.1, 0.15) is 34.6 Å². The summed E-state index contributed by atoms with van der Waals surface area (Å²) >= 11 is 0. The van der Waals surface area contributed by atoms with Crippen LogP contribution in [0.3, 0.4) is 0 Å². The van der Waals surface area contributed by atoms with Crippen molar-refractivity contribution in [2.24, 2.45) is 0 Å². The van der Waals surface area contributed by atoms with Gasteiger partial charge in [0.05, 0.1) is 6.61 Å². The predicted molar refractivity (Wildman–Crippen MR) is 157 cm³/mol. The van der Waals surface area contributed by atoms with E-state index in [1.807, 2.05) is 36.4 Å². The number of benzene rings is 2. The van der Waals surface area contributed by atoms with Crippen molar-refractivity contribution in [1.29, 1.82) is 0 Å². The SMILES string of the molecule is CC(=O)O[C@@H]1[C@@H](OC(C)=O)[C@H](OCC[Si](C)(C)C)OC[C@H]1O[Si](c1ccccc1)(c1ccccc1)C(C)(C)C. The fourth-order valence-corrected chi connectivity index (χ4v) is 10.4. The number of carbonyl (C=O) groups excluding carboxylic acids is 2. The summed E-state index contributed by atoms with van der Waals surface area (Å²) in [5.74, 6) is -0.999. The monoisotopic (exact) mass is 572 g/mol. The lowest BCUT2D eigenvalue weighted by Gasteiger charge is -2.48. The van der Waals surface area contributed by atoms with E-state index >= 15 is 0 Å². The molecule has 0 bridgehead atoms. The molecule has 1 saturated heterocycles. The van der Waals surface area contributed by atoms with Crippen LogP contribution in [-0.2, 0) is 33.0 Å². The Morgan fingerprint density at radius 3 is 1.77 bits per heavy atom. The molecule has 3 rings (SSSR count). The number of hydrogen-bond acceptors (Lipinski definition) is 7. The Morgan fingerprint density at radius 1 is 0.846 bits per heavy atom. The molecule has 9 heteroatoms. The van der Waals surface area contributed by atoms with Crippen LogP contribution in [0.4, 0.5) is 0 Å². The second-order valence-corrected chi connectivity index (χ2v) is 22.2. The van der Waals surface area contributed by atoms with Gasteiger partial charge in [0, 0.05) is 28.5 Å². The minimum atomic E-state index is -3.02. The van der Waals surface area contributed by atoms with Gasteiger partial charge in [0.2, 0.25) is 0 Å². The van der Waals surface area contributed by atoms with Crippen molar-refractivity contribution in [3.05, 3.63) is 60.7 Å². The predicted octanol–water partition coefficient (Wildman–Crippen LogP) is 4.51. The lowest BCUT2D eigenvalue weighted by atomic mass is 10.0. The third-order valence-electron chi connectivity index (χ3n) is 6.87. The summed E-state index contributed by atoms with van der Waals surface area (Å²) < 4.78 is 31.1. The van der Waals surface area contributed by atoms with Gasteiger partial charge >= 0.3 is 11.9 Å². The topological polar surface area (TPSA) is 80.3 Å². The molecule has 1 aliphatic heterocycles. The van der Waals surface area contributed by atoms with Gasteiger partial charge in [-0.2, -0.15) is 0 Å². The molecule has 0 N–H and O–H groups in total. The molecule has 0 amide bonds. The van der Waals surface area contributed by atoms with Crippen molar-refractivity contribution in [3.63, 3.8) is 0 Å². The minimum absolute atomic E-state index is 0.123. The van der Waals surface area contributed by atoms with Crippen LogP contribution in [0, 0.1) is 0 Å². The molecular weight excluding hydrogens is 528 g/mol. The van der Waals surface area contributed by atoms with E-state index in [1.54, 1.807) is 0 Å². The maximum Gasteiger partial charge on any atom is 0.303 e. The van der Waals surface area contributed by atoms with Crippen LogP contribution in [0.2, 0.25) is 30.7 Å². The largest absolute Gasteiger partial charge is 0.456 e. The van der Waals surface area contributed by atoms with Crippen molar-refractivity contribution in [2.75, 3.05) is 13.2 Å². The van der Waals surface area contributed by atoms with Gasteiger partial charge in [-0.25, -0.2) is 0 Å². The maximum atomic E-state index is 12.4. The molecule has 1 heterocycles. The van der Waals surface area contributed by atoms with Crippen LogP contribution >= 0.6 is 0 Å². The first-order valence-electron chi connectivity index (χ1n) is 13.6. The summed E-state index contributed by atoms with van der Waals surface area (Å²) in [5, 5.41) is 1.86. The Bertz CT molecular complexity index is 1040. The first-order valence-corrected chi connectivity index (χ1v) is 19.2. The van der Waals surface area contributed by atoms with Gasteiger partial charge in [-0.15, -0.1) is 0 Å². The lowest BCUT2D eigenvalue weighted by Crippen LogP contribution is -2.70. The van der Waals surface area contributed by atoms with Gasteiger partial charge in [0.15, 0.2) is 18.5 Å². The summed E-state index contributed by atoms with van der Waals surface area (Å²) in [6, 6.07) is 21.3. The van der Waals surface area contributed by atoms with Crippen LogP contribution in [0.5, 0.6) is 0 Å². The van der Waals surface area contributed by atoms with Crippen LogP contribution in [0.15, 0.2) is 60.7 Å². The maximum absolute atomic E-state index is 12.4. The van der Waals surface area contributed by atoms with Crippen molar-refractivity contribution >= 4 is 38.7 Å². The molecule has 0 unspecified atom stereocenters. The fourth-order valence-electron chi connectivity index (χ4n) is 5.04. The van der Waals surface area contributed by atoms with Crippen molar-refractivity contribution in [1.82, 2.24) is 0 Å². The highest BCUT2D eigenvalue weighted by Crippen LogP contribution is 2.39. The van der Waals surface area contributed by atoms with E-state index < -0.39 is 52.9 Å². The Kier molecular flexibility index (Phi) is 10.3. The normalized spacial score (nSPS) is 22.3. The Labute approximate surface area is 235 Å². The average Bonchev–Trinajstić information content (AvgIpc) is 2.84. The van der Waals surface area contributed by atoms with E-state index in [4.69, 9.17) is 23.4 Å². The third-order valence-corrected chi connectivity index (χ3v) is 13.6. The molecule has 4 atom stereocenters. The summed E-state index contributed by atoms with van der Waals surface area (Å²) in [5.41, 5.74) is 0. The highest BCUT2D eigenvalue weighted by atomic mass is 28.4. The smallest absolute Gasteiger partial charge is 0.303 e. The molecule has 1 aliphatic rings. The van der Waals surface area contributed by atoms with Gasteiger partial charge in [0.25, 0.3) is 8.32 Å². The highest BCUT2D eigenvalue weighted by molar-refractivity contribution is 6.99. The second kappa shape index (κ2) is 12.9. The van der Waals surface area contributed by atoms with Crippen LogP contribution in [0.25, 0.3) is 0 Å². The van der Waals surface area contributed by atoms with Crippen molar-refractivity contribution in [2.45, 2.75) is 89.9 Å². The van der Waals surface area contributed by atoms with E-state index in [1.165, 1.54) is 13.8 Å². The Balaban J connectivity index is 2.07. The lowest BCUT2D eigenvalue weighted by molar-refractivity contribution is -0.275. The van der Waals surface area contributed by atoms with Crippen LogP contribution < -0.4 is 10.4 Å². The zero-order chi connectivity index (χ0) is 28.8. The highest BCUT2D eigenvalue weighted by Gasteiger charge is 2.55. The zero-order valence-corrected chi connectivity index (χ0v) is 26.6. The van der Waals surface area contributed by atoms with E-state index in [9.17, 15) is 9.59 Å². The molecule has 39 heavy (non-hydrogen) atoms. The van der Waals surface area contributed by atoms with Gasteiger partial charge in [-0.05, 0) is 21.5 Å². The number of ether oxygens (including phenoxy) is 4. The van der Waals surface area contributed by atoms with Crippen molar-refractivity contribution < 1.29 is 33.0 Å². The molecule has 2 aromatic carbocycles. The molecule has 0 saturated carbocycles. The minimum Gasteiger partial charge on any atom is -0.456 e. The molecular formula is C30H44O7Si2. The van der Waals surface area contributed by atoms with E-state index in [0.717, 1.165) is 16.4 Å². The Morgan fingerprint density at radius 2 is 1.33 bits per heavy atom. The molecule has 0 spiro atoms. The first-order chi connectivity index (χ1) is 18.2. The number of hydrogen-bond donors (Lipinski definition) is 0. The number of carbonyl (C=O) groups is 2. The molecule has 1 fully saturated rings. The molecule has 2 aromatic rings. The third kappa shape index (κ3) is 7.88. The molecule has 0 aromatic heterocycles. The summed E-state index contributed by atoms with van der Waals surface area (Å²) in [7, 11) is -4.39. The van der Waals surface area contributed by atoms with Crippen molar-refractivity contribution in [3.8, 4) is 0 Å². The van der Waals surface area contributed by atoms with Gasteiger partial charge in [-0.3, -0.25) is 9.59 Å². The standard InChI is InChI=1S/C30H44O7Si2/c1-22(31)35-27-26(21-34-29(28(27)36-23(2)32)33-19-20-38(6,7)8)37-39(30(3,4)5,24-15-11-9-12-16-24)25-17-13-10-14-18-25/h9-18,26-29H,19-21H2,1-8H3/t26-,27+,28-,29-/m1/s1. The number of esters is 2. The van der Waals surface area contributed by atoms with E-state index in [0.29, 0.717) is 6.61 Å². The average molecular weight is 573 g/mol. The zero-order valence-electron chi connectivity index (χ0n) is 24.6. The Hall–Kier alpha value is -2.31. The quantitative estimate of drug-likeness (QED) is 0.306. The molecule has 7 nitrogen and oxygen atoms in total. The second-order valence-electron chi connectivity index (χ2n) is 12.4. The van der Waals surface area contributed by atoms with Gasteiger partial charge in [-0.1, -0.05) is 101 Å². The summed E-state index contributed by atoms with van der Waals surface area (Å²) in [6.45, 7) is 16.6. The fraction of sp³-hybridized carbons (Fsp3) is 0.533. The number of rotatable bonds is 10. The summed E-state index contributed by atoms with van der Waals surface area (Å²) in [4.78, 5) is 24.6. The first kappa shape index (κ1) is 31.2.